The Morgan fingerprint density at radius 1 is 0.867 bits per heavy atom. The van der Waals surface area contributed by atoms with Gasteiger partial charge in [-0.1, -0.05) is 13.3 Å². The Morgan fingerprint density at radius 2 is 1.47 bits per heavy atom. The summed E-state index contributed by atoms with van der Waals surface area (Å²) >= 11 is 0. The van der Waals surface area contributed by atoms with Crippen molar-refractivity contribution in [2.24, 2.45) is 5.92 Å². The first kappa shape index (κ1) is 12.4. The Labute approximate surface area is 92.4 Å². The molecule has 1 atom stereocenters. The van der Waals surface area contributed by atoms with Crippen molar-refractivity contribution >= 4 is 11.6 Å². The SMILES string of the molecule is CC1CCCC(=O)C1.O=C1CCCCC1. The quantitative estimate of drug-likeness (QED) is 0.615. The Bertz CT molecular complexity index is 213. The third-order valence-corrected chi connectivity index (χ3v) is 3.14. The second-order valence-electron chi connectivity index (χ2n) is 4.84. The summed E-state index contributed by atoms with van der Waals surface area (Å²) in [4.78, 5) is 21.1. The fourth-order valence-electron chi connectivity index (χ4n) is 2.19. The van der Waals surface area contributed by atoms with Gasteiger partial charge in [0.2, 0.25) is 0 Å². The monoisotopic (exact) mass is 210 g/mol. The molecule has 0 amide bonds. The lowest BCUT2D eigenvalue weighted by molar-refractivity contribution is -0.121. The molecule has 0 N–H and O–H groups in total. The van der Waals surface area contributed by atoms with Crippen LogP contribution in [0.5, 0.6) is 0 Å². The number of carbonyl (C=O) groups excluding carboxylic acids is 2. The molecule has 86 valence electrons. The first-order valence-corrected chi connectivity index (χ1v) is 6.22. The Kier molecular flexibility index (Phi) is 5.59. The van der Waals surface area contributed by atoms with Crippen molar-refractivity contribution in [3.63, 3.8) is 0 Å². The molecular formula is C13H22O2. The number of ketones is 2. The second kappa shape index (κ2) is 6.76. The fourth-order valence-corrected chi connectivity index (χ4v) is 2.19. The van der Waals surface area contributed by atoms with Crippen LogP contribution >= 0.6 is 0 Å². The molecule has 2 aliphatic carbocycles. The first-order valence-electron chi connectivity index (χ1n) is 6.22. The van der Waals surface area contributed by atoms with Crippen LogP contribution in [-0.2, 0) is 9.59 Å². The van der Waals surface area contributed by atoms with Gasteiger partial charge in [-0.15, -0.1) is 0 Å². The van der Waals surface area contributed by atoms with E-state index in [1.165, 1.54) is 12.8 Å². The highest BCUT2D eigenvalue weighted by atomic mass is 16.1. The molecule has 0 bridgehead atoms. The van der Waals surface area contributed by atoms with Crippen LogP contribution in [0.25, 0.3) is 0 Å². The van der Waals surface area contributed by atoms with E-state index >= 15 is 0 Å². The van der Waals surface area contributed by atoms with Crippen molar-refractivity contribution in [1.82, 2.24) is 0 Å². The van der Waals surface area contributed by atoms with Crippen molar-refractivity contribution in [1.29, 1.82) is 0 Å². The fraction of sp³-hybridized carbons (Fsp3) is 0.846. The minimum Gasteiger partial charge on any atom is -0.300 e. The second-order valence-corrected chi connectivity index (χ2v) is 4.84. The van der Waals surface area contributed by atoms with E-state index in [2.05, 4.69) is 6.92 Å². The largest absolute Gasteiger partial charge is 0.300 e. The van der Waals surface area contributed by atoms with Crippen molar-refractivity contribution in [2.75, 3.05) is 0 Å². The summed E-state index contributed by atoms with van der Waals surface area (Å²) in [6, 6.07) is 0. The smallest absolute Gasteiger partial charge is 0.133 e. The van der Waals surface area contributed by atoms with Gasteiger partial charge in [-0.05, 0) is 31.6 Å². The van der Waals surface area contributed by atoms with Crippen LogP contribution in [0.1, 0.15) is 64.7 Å². The number of hydrogen-bond donors (Lipinski definition) is 0. The molecule has 2 nitrogen and oxygen atoms in total. The molecule has 0 saturated heterocycles. The lowest BCUT2D eigenvalue weighted by Crippen LogP contribution is -2.11. The number of carbonyl (C=O) groups is 2. The van der Waals surface area contributed by atoms with Gasteiger partial charge in [0.25, 0.3) is 0 Å². The Balaban J connectivity index is 0.000000151. The lowest BCUT2D eigenvalue weighted by Gasteiger charge is -2.14. The van der Waals surface area contributed by atoms with Crippen LogP contribution in [0.2, 0.25) is 0 Å². The van der Waals surface area contributed by atoms with E-state index in [1.807, 2.05) is 0 Å². The van der Waals surface area contributed by atoms with Crippen molar-refractivity contribution < 1.29 is 9.59 Å². The van der Waals surface area contributed by atoms with Crippen LogP contribution in [0, 0.1) is 5.92 Å². The average molecular weight is 210 g/mol. The molecule has 2 saturated carbocycles. The zero-order chi connectivity index (χ0) is 11.1. The van der Waals surface area contributed by atoms with Crippen molar-refractivity contribution in [3.05, 3.63) is 0 Å². The molecule has 2 rings (SSSR count). The molecule has 0 aromatic heterocycles. The lowest BCUT2D eigenvalue weighted by atomic mass is 9.90. The molecule has 0 aromatic carbocycles. The normalized spacial score (nSPS) is 26.9. The van der Waals surface area contributed by atoms with E-state index in [4.69, 9.17) is 0 Å². The van der Waals surface area contributed by atoms with Gasteiger partial charge in [0, 0.05) is 25.7 Å². The van der Waals surface area contributed by atoms with Crippen molar-refractivity contribution in [3.8, 4) is 0 Å². The van der Waals surface area contributed by atoms with Crippen LogP contribution < -0.4 is 0 Å². The predicted molar refractivity (Wildman–Crippen MR) is 60.7 cm³/mol. The average Bonchev–Trinajstić information content (AvgIpc) is 2.19. The highest BCUT2D eigenvalue weighted by molar-refractivity contribution is 5.79. The molecule has 1 unspecified atom stereocenters. The summed E-state index contributed by atoms with van der Waals surface area (Å²) in [5.74, 6) is 1.59. The summed E-state index contributed by atoms with van der Waals surface area (Å²) in [5, 5.41) is 0. The van der Waals surface area contributed by atoms with E-state index < -0.39 is 0 Å². The maximum absolute atomic E-state index is 10.7. The molecule has 0 spiro atoms. The molecule has 2 heteroatoms. The highest BCUT2D eigenvalue weighted by Crippen LogP contribution is 2.19. The van der Waals surface area contributed by atoms with E-state index in [-0.39, 0.29) is 0 Å². The minimum absolute atomic E-state index is 0.462. The summed E-state index contributed by atoms with van der Waals surface area (Å²) in [5.41, 5.74) is 0. The first-order chi connectivity index (χ1) is 7.18. The van der Waals surface area contributed by atoms with Gasteiger partial charge in [0.1, 0.15) is 11.6 Å². The van der Waals surface area contributed by atoms with Gasteiger partial charge in [-0.25, -0.2) is 0 Å². The van der Waals surface area contributed by atoms with E-state index in [1.54, 1.807) is 0 Å². The Hall–Kier alpha value is -0.660. The molecule has 0 aliphatic heterocycles. The molecular weight excluding hydrogens is 188 g/mol. The standard InChI is InChI=1S/C7H12O.C6H10O/c1-6-3-2-4-7(8)5-6;7-6-4-2-1-3-5-6/h6H,2-5H2,1H3;1-5H2. The highest BCUT2D eigenvalue weighted by Gasteiger charge is 2.14. The van der Waals surface area contributed by atoms with Gasteiger partial charge in [-0.2, -0.15) is 0 Å². The van der Waals surface area contributed by atoms with Crippen LogP contribution in [0.4, 0.5) is 0 Å². The van der Waals surface area contributed by atoms with Crippen LogP contribution in [-0.4, -0.2) is 11.6 Å². The summed E-state index contributed by atoms with van der Waals surface area (Å²) < 4.78 is 0. The maximum Gasteiger partial charge on any atom is 0.133 e. The molecule has 0 aromatic rings. The summed E-state index contributed by atoms with van der Waals surface area (Å²) in [7, 11) is 0. The number of hydrogen-bond acceptors (Lipinski definition) is 2. The van der Waals surface area contributed by atoms with Gasteiger partial charge in [0.05, 0.1) is 0 Å². The zero-order valence-electron chi connectivity index (χ0n) is 9.76. The van der Waals surface area contributed by atoms with Crippen LogP contribution in [0.3, 0.4) is 0 Å². The third kappa shape index (κ3) is 5.71. The van der Waals surface area contributed by atoms with Gasteiger partial charge < -0.3 is 0 Å². The molecule has 0 radical (unpaired) electrons. The maximum atomic E-state index is 10.7. The third-order valence-electron chi connectivity index (χ3n) is 3.14. The van der Waals surface area contributed by atoms with Crippen LogP contribution in [0.15, 0.2) is 0 Å². The molecule has 2 aliphatic rings. The van der Waals surface area contributed by atoms with Gasteiger partial charge >= 0.3 is 0 Å². The zero-order valence-corrected chi connectivity index (χ0v) is 9.76. The van der Waals surface area contributed by atoms with E-state index in [9.17, 15) is 9.59 Å². The summed E-state index contributed by atoms with van der Waals surface area (Å²) in [6.45, 7) is 2.15. The molecule has 2 fully saturated rings. The van der Waals surface area contributed by atoms with E-state index in [0.29, 0.717) is 17.5 Å². The van der Waals surface area contributed by atoms with Crippen molar-refractivity contribution in [2.45, 2.75) is 64.7 Å². The predicted octanol–water partition coefficient (Wildman–Crippen LogP) is 3.29. The minimum atomic E-state index is 0.462. The topological polar surface area (TPSA) is 34.1 Å². The molecule has 15 heavy (non-hydrogen) atoms. The summed E-state index contributed by atoms with van der Waals surface area (Å²) in [6.07, 6.45) is 9.29. The molecule has 0 heterocycles. The number of rotatable bonds is 0. The number of Topliss-reactive ketones (excluding diaryl/α,β-unsaturated/α-hetero) is 2. The van der Waals surface area contributed by atoms with E-state index in [0.717, 1.165) is 44.9 Å². The Morgan fingerprint density at radius 3 is 1.80 bits per heavy atom. The van der Waals surface area contributed by atoms with Gasteiger partial charge in [-0.3, -0.25) is 9.59 Å². The van der Waals surface area contributed by atoms with Gasteiger partial charge in [0.15, 0.2) is 0 Å².